The van der Waals surface area contributed by atoms with Crippen molar-refractivity contribution in [3.8, 4) is 0 Å². The number of aryl methyl sites for hydroxylation is 1. The van der Waals surface area contributed by atoms with Gasteiger partial charge in [-0.15, -0.1) is 0 Å². The maximum absolute atomic E-state index is 9.16. The van der Waals surface area contributed by atoms with Crippen LogP contribution in [0.1, 0.15) is 12.5 Å². The lowest BCUT2D eigenvalue weighted by Crippen LogP contribution is -1.76. The Labute approximate surface area is 101 Å². The van der Waals surface area contributed by atoms with Crippen LogP contribution in [-0.2, 0) is 14.7 Å². The summed E-state index contributed by atoms with van der Waals surface area (Å²) in [6.07, 6.45) is 1.11. The predicted molar refractivity (Wildman–Crippen MR) is 64.1 cm³/mol. The Kier molecular flexibility index (Phi) is 6.78. The minimum absolute atomic E-state index is 1.11. The summed E-state index contributed by atoms with van der Waals surface area (Å²) in [7, 11) is 4.81. The molecule has 0 radical (unpaired) electrons. The molecule has 0 aliphatic heterocycles. The first-order valence-electron chi connectivity index (χ1n) is 3.71. The molecule has 0 aromatic heterocycles. The number of hydrogen-bond donors (Lipinski definition) is 0. The minimum Gasteiger partial charge on any atom is -0.195 e. The fourth-order valence-corrected chi connectivity index (χ4v) is 1.20. The molecule has 6 heteroatoms. The van der Waals surface area contributed by atoms with Gasteiger partial charge < -0.3 is 0 Å². The molecule has 0 aliphatic rings. The van der Waals surface area contributed by atoms with Gasteiger partial charge in [0.15, 0.2) is 0 Å². The van der Waals surface area contributed by atoms with E-state index >= 15 is 0 Å². The van der Waals surface area contributed by atoms with Gasteiger partial charge in [0.25, 0.3) is 0 Å². The Hall–Kier alpha value is 0.230. The molecule has 14 heavy (non-hydrogen) atoms. The highest BCUT2D eigenvalue weighted by Gasteiger charge is 1.89. The summed E-state index contributed by atoms with van der Waals surface area (Å²) >= 11 is 3.40. The van der Waals surface area contributed by atoms with Crippen LogP contribution in [0.3, 0.4) is 0 Å². The zero-order valence-corrected chi connectivity index (χ0v) is 11.3. The molecule has 0 fully saturated rings. The van der Waals surface area contributed by atoms with Crippen LogP contribution in [0.25, 0.3) is 0 Å². The van der Waals surface area contributed by atoms with Crippen LogP contribution in [0.4, 0.5) is 0 Å². The van der Waals surface area contributed by atoms with Gasteiger partial charge in [0.05, 0.1) is 0 Å². The molecule has 1 aromatic carbocycles. The molecule has 0 heterocycles. The third-order valence-electron chi connectivity index (χ3n) is 1.30. The average molecular weight is 320 g/mol. The van der Waals surface area contributed by atoms with Gasteiger partial charge in [-0.2, -0.15) is 8.42 Å². The van der Waals surface area contributed by atoms with Gasteiger partial charge in [0.2, 0.25) is 0 Å². The van der Waals surface area contributed by atoms with Crippen molar-refractivity contribution in [1.29, 1.82) is 0 Å². The molecule has 0 saturated heterocycles. The second-order valence-electron chi connectivity index (χ2n) is 2.36. The Morgan fingerprint density at radius 2 is 1.86 bits per heavy atom. The van der Waals surface area contributed by atoms with E-state index in [9.17, 15) is 0 Å². The molecule has 80 valence electrons. The van der Waals surface area contributed by atoms with Crippen LogP contribution < -0.4 is 0 Å². The molecular weight excluding hydrogens is 311 g/mol. The molecule has 0 unspecified atom stereocenters. The van der Waals surface area contributed by atoms with Crippen LogP contribution in [-0.4, -0.2) is 8.42 Å². The monoisotopic (exact) mass is 318 g/mol. The average Bonchev–Trinajstić information content (AvgIpc) is 2.01. The lowest BCUT2D eigenvalue weighted by molar-refractivity contribution is 0.621. The van der Waals surface area contributed by atoms with E-state index < -0.39 is 8.26 Å². The van der Waals surface area contributed by atoms with Gasteiger partial charge in [0.1, 0.15) is 0 Å². The highest BCUT2D eigenvalue weighted by Crippen LogP contribution is 2.11. The molecule has 0 bridgehead atoms. The second kappa shape index (κ2) is 6.67. The van der Waals surface area contributed by atoms with Gasteiger partial charge in [-0.1, -0.05) is 35.0 Å². The smallest absolute Gasteiger partial charge is 0.195 e. The summed E-state index contributed by atoms with van der Waals surface area (Å²) < 4.78 is 19.5. The molecule has 0 N–H and O–H groups in total. The molecule has 2 nitrogen and oxygen atoms in total. The van der Waals surface area contributed by atoms with Crippen molar-refractivity contribution in [2.75, 3.05) is 0 Å². The van der Waals surface area contributed by atoms with Crippen molar-refractivity contribution in [2.45, 2.75) is 13.3 Å². The highest BCUT2D eigenvalue weighted by atomic mass is 79.9. The van der Waals surface area contributed by atoms with E-state index in [2.05, 4.69) is 62.4 Å². The van der Waals surface area contributed by atoms with Gasteiger partial charge in [0, 0.05) is 25.8 Å². The van der Waals surface area contributed by atoms with E-state index in [1.807, 2.05) is 6.07 Å². The van der Waals surface area contributed by atoms with Gasteiger partial charge in [-0.25, -0.2) is 0 Å². The zero-order chi connectivity index (χ0) is 11.2. The topological polar surface area (TPSA) is 34.1 Å². The summed E-state index contributed by atoms with van der Waals surface area (Å²) in [5.41, 5.74) is 1.38. The van der Waals surface area contributed by atoms with Crippen molar-refractivity contribution >= 4 is 45.6 Å². The SMILES string of the molecule is CCc1cccc(Br)c1.O=S(=O)(Cl)Cl. The Morgan fingerprint density at radius 3 is 2.14 bits per heavy atom. The van der Waals surface area contributed by atoms with Crippen LogP contribution in [0.5, 0.6) is 0 Å². The van der Waals surface area contributed by atoms with E-state index in [0.29, 0.717) is 0 Å². The lowest BCUT2D eigenvalue weighted by Gasteiger charge is -1.94. The fourth-order valence-electron chi connectivity index (χ4n) is 0.757. The molecule has 1 rings (SSSR count). The Bertz CT molecular complexity index is 371. The molecule has 0 aliphatic carbocycles. The number of hydrogen-bond acceptors (Lipinski definition) is 2. The normalized spacial score (nSPS) is 10.3. The number of benzene rings is 1. The molecule has 0 spiro atoms. The van der Waals surface area contributed by atoms with Crippen molar-refractivity contribution in [2.24, 2.45) is 0 Å². The first-order chi connectivity index (χ1) is 6.33. The zero-order valence-electron chi connectivity index (χ0n) is 7.38. The van der Waals surface area contributed by atoms with Gasteiger partial charge in [-0.3, -0.25) is 0 Å². The Morgan fingerprint density at radius 1 is 1.36 bits per heavy atom. The number of rotatable bonds is 1. The third-order valence-corrected chi connectivity index (χ3v) is 1.79. The summed E-state index contributed by atoms with van der Waals surface area (Å²) in [5.74, 6) is 0. The summed E-state index contributed by atoms with van der Waals surface area (Å²) in [5, 5.41) is 0. The largest absolute Gasteiger partial charge is 0.317 e. The molecule has 0 atom stereocenters. The maximum atomic E-state index is 9.16. The standard InChI is InChI=1S/C8H9Br.Cl2O2S/c1-2-7-4-3-5-8(9)6-7;1-5(2,3)4/h3-6H,2H2,1H3;. The molecule has 0 amide bonds. The molecular formula is C8H9BrCl2O2S. The van der Waals surface area contributed by atoms with Crippen molar-refractivity contribution < 1.29 is 8.42 Å². The molecule has 0 saturated carbocycles. The van der Waals surface area contributed by atoms with Crippen molar-refractivity contribution in [1.82, 2.24) is 0 Å². The van der Waals surface area contributed by atoms with E-state index in [1.54, 1.807) is 0 Å². The summed E-state index contributed by atoms with van der Waals surface area (Å²) in [6.45, 7) is 2.15. The highest BCUT2D eigenvalue weighted by molar-refractivity contribution is 9.10. The van der Waals surface area contributed by atoms with Crippen molar-refractivity contribution in [3.63, 3.8) is 0 Å². The van der Waals surface area contributed by atoms with E-state index in [4.69, 9.17) is 8.42 Å². The quantitative estimate of drug-likeness (QED) is 0.739. The van der Waals surface area contributed by atoms with Crippen LogP contribution in [0.2, 0.25) is 0 Å². The summed E-state index contributed by atoms with van der Waals surface area (Å²) in [6, 6.07) is 8.37. The van der Waals surface area contributed by atoms with Crippen LogP contribution in [0.15, 0.2) is 28.7 Å². The van der Waals surface area contributed by atoms with E-state index in [0.717, 1.165) is 6.42 Å². The first-order valence-corrected chi connectivity index (χ1v) is 7.64. The van der Waals surface area contributed by atoms with Crippen molar-refractivity contribution in [3.05, 3.63) is 34.3 Å². The first kappa shape index (κ1) is 14.2. The van der Waals surface area contributed by atoms with E-state index in [-0.39, 0.29) is 0 Å². The van der Waals surface area contributed by atoms with Crippen LogP contribution >= 0.6 is 37.3 Å². The van der Waals surface area contributed by atoms with Gasteiger partial charge >= 0.3 is 8.26 Å². The molecule has 1 aromatic rings. The Balaban J connectivity index is 0.000000292. The lowest BCUT2D eigenvalue weighted by atomic mass is 10.2. The maximum Gasteiger partial charge on any atom is 0.317 e. The predicted octanol–water partition coefficient (Wildman–Crippen LogP) is 3.72. The van der Waals surface area contributed by atoms with E-state index in [1.165, 1.54) is 10.0 Å². The summed E-state index contributed by atoms with van der Waals surface area (Å²) in [4.78, 5) is 0. The number of halogens is 3. The van der Waals surface area contributed by atoms with Gasteiger partial charge in [-0.05, 0) is 24.1 Å². The fraction of sp³-hybridized carbons (Fsp3) is 0.250. The van der Waals surface area contributed by atoms with Crippen LogP contribution in [0, 0.1) is 0 Å². The third kappa shape index (κ3) is 10.3. The minimum atomic E-state index is -3.72. The second-order valence-corrected chi connectivity index (χ2v) is 6.95.